The Hall–Kier alpha value is -0.610. The third-order valence-electron chi connectivity index (χ3n) is 4.36. The van der Waals surface area contributed by atoms with Gasteiger partial charge in [0, 0.05) is 12.6 Å². The molecular formula is C14H26N2O2. The maximum absolute atomic E-state index is 11.6. The molecule has 0 heterocycles. The van der Waals surface area contributed by atoms with Crippen LogP contribution in [0.2, 0.25) is 0 Å². The monoisotopic (exact) mass is 254 g/mol. The van der Waals surface area contributed by atoms with Crippen molar-refractivity contribution in [2.75, 3.05) is 13.1 Å². The first-order valence-corrected chi connectivity index (χ1v) is 7.34. The normalized spacial score (nSPS) is 32.2. The molecule has 0 spiro atoms. The van der Waals surface area contributed by atoms with E-state index in [0.717, 1.165) is 31.6 Å². The highest BCUT2D eigenvalue weighted by atomic mass is 16.3. The highest BCUT2D eigenvalue weighted by molar-refractivity contribution is 5.78. The summed E-state index contributed by atoms with van der Waals surface area (Å²) in [5, 5.41) is 16.4. The van der Waals surface area contributed by atoms with Gasteiger partial charge in [-0.05, 0) is 44.4 Å². The van der Waals surface area contributed by atoms with Gasteiger partial charge >= 0.3 is 0 Å². The molecule has 0 radical (unpaired) electrons. The van der Waals surface area contributed by atoms with Crippen molar-refractivity contribution in [3.05, 3.63) is 0 Å². The lowest BCUT2D eigenvalue weighted by Crippen LogP contribution is -2.47. The van der Waals surface area contributed by atoms with Gasteiger partial charge < -0.3 is 15.7 Å². The largest absolute Gasteiger partial charge is 0.388 e. The molecule has 0 bridgehead atoms. The Morgan fingerprint density at radius 1 is 1.28 bits per heavy atom. The van der Waals surface area contributed by atoms with Crippen LogP contribution < -0.4 is 10.6 Å². The van der Waals surface area contributed by atoms with Crippen LogP contribution in [0.15, 0.2) is 0 Å². The quantitative estimate of drug-likeness (QED) is 0.667. The minimum absolute atomic E-state index is 0.00735. The van der Waals surface area contributed by atoms with Crippen molar-refractivity contribution in [2.45, 2.75) is 63.5 Å². The lowest BCUT2D eigenvalue weighted by Gasteiger charge is -2.35. The van der Waals surface area contributed by atoms with E-state index in [1.165, 1.54) is 19.3 Å². The number of nitrogens with one attached hydrogen (secondary N) is 2. The number of carbonyl (C=O) groups excluding carboxylic acids is 1. The van der Waals surface area contributed by atoms with Crippen LogP contribution in [-0.2, 0) is 4.79 Å². The van der Waals surface area contributed by atoms with Crippen LogP contribution in [0, 0.1) is 5.92 Å². The fraction of sp³-hybridized carbons (Fsp3) is 0.929. The van der Waals surface area contributed by atoms with Crippen molar-refractivity contribution in [1.29, 1.82) is 0 Å². The number of aliphatic hydroxyl groups is 1. The van der Waals surface area contributed by atoms with Crippen molar-refractivity contribution in [3.8, 4) is 0 Å². The molecule has 2 aliphatic carbocycles. The highest BCUT2D eigenvalue weighted by Crippen LogP contribution is 2.33. The lowest BCUT2D eigenvalue weighted by atomic mass is 9.78. The second-order valence-corrected chi connectivity index (χ2v) is 6.01. The van der Waals surface area contributed by atoms with Crippen LogP contribution in [0.4, 0.5) is 0 Å². The molecule has 0 atom stereocenters. The lowest BCUT2D eigenvalue weighted by molar-refractivity contribution is -0.122. The molecule has 104 valence electrons. The van der Waals surface area contributed by atoms with E-state index in [1.807, 2.05) is 0 Å². The van der Waals surface area contributed by atoms with E-state index in [9.17, 15) is 9.90 Å². The zero-order valence-corrected chi connectivity index (χ0v) is 11.4. The summed E-state index contributed by atoms with van der Waals surface area (Å²) in [6.07, 6.45) is 7.40. The van der Waals surface area contributed by atoms with Crippen LogP contribution in [0.25, 0.3) is 0 Å². The first-order chi connectivity index (χ1) is 8.61. The van der Waals surface area contributed by atoms with E-state index in [4.69, 9.17) is 0 Å². The van der Waals surface area contributed by atoms with Gasteiger partial charge in [-0.1, -0.05) is 13.3 Å². The summed E-state index contributed by atoms with van der Waals surface area (Å²) in [6, 6.07) is 0.554. The minimum Gasteiger partial charge on any atom is -0.388 e. The van der Waals surface area contributed by atoms with Crippen LogP contribution in [-0.4, -0.2) is 35.7 Å². The Balaban J connectivity index is 1.63. The van der Waals surface area contributed by atoms with E-state index in [2.05, 4.69) is 17.6 Å². The summed E-state index contributed by atoms with van der Waals surface area (Å²) in [5.41, 5.74) is -0.666. The fourth-order valence-corrected chi connectivity index (χ4v) is 2.65. The van der Waals surface area contributed by atoms with Gasteiger partial charge in [-0.3, -0.25) is 4.79 Å². The second-order valence-electron chi connectivity index (χ2n) is 6.01. The fourth-order valence-electron chi connectivity index (χ4n) is 2.65. The molecule has 18 heavy (non-hydrogen) atoms. The maximum Gasteiger partial charge on any atom is 0.234 e. The van der Waals surface area contributed by atoms with Crippen LogP contribution in [0.1, 0.15) is 51.9 Å². The zero-order valence-electron chi connectivity index (χ0n) is 11.4. The van der Waals surface area contributed by atoms with Gasteiger partial charge in [0.1, 0.15) is 0 Å². The summed E-state index contributed by atoms with van der Waals surface area (Å²) in [6.45, 7) is 3.01. The molecule has 2 saturated carbocycles. The Morgan fingerprint density at radius 3 is 2.50 bits per heavy atom. The van der Waals surface area contributed by atoms with Crippen molar-refractivity contribution >= 4 is 5.91 Å². The SMILES string of the molecule is CCC1CCC(O)(CNC(=O)CNC2CC2)CC1. The Bertz CT molecular complexity index is 282. The van der Waals surface area contributed by atoms with Crippen LogP contribution >= 0.6 is 0 Å². The van der Waals surface area contributed by atoms with E-state index >= 15 is 0 Å². The van der Waals surface area contributed by atoms with E-state index in [0.29, 0.717) is 19.1 Å². The Labute approximate surface area is 110 Å². The van der Waals surface area contributed by atoms with Crippen LogP contribution in [0.3, 0.4) is 0 Å². The average Bonchev–Trinajstić information content (AvgIpc) is 3.19. The summed E-state index contributed by atoms with van der Waals surface area (Å²) in [5.74, 6) is 0.769. The molecule has 0 aromatic carbocycles. The van der Waals surface area contributed by atoms with E-state index in [-0.39, 0.29) is 5.91 Å². The standard InChI is InChI=1S/C14H26N2O2/c1-2-11-5-7-14(18,8-6-11)10-16-13(17)9-15-12-3-4-12/h11-12,15,18H,2-10H2,1H3,(H,16,17). The van der Waals surface area contributed by atoms with Gasteiger partial charge in [0.15, 0.2) is 0 Å². The number of amides is 1. The zero-order chi connectivity index (χ0) is 13.0. The molecule has 0 unspecified atom stereocenters. The Morgan fingerprint density at radius 2 is 1.94 bits per heavy atom. The summed E-state index contributed by atoms with van der Waals surface area (Å²) < 4.78 is 0. The first kappa shape index (κ1) is 13.8. The van der Waals surface area contributed by atoms with Gasteiger partial charge in [-0.15, -0.1) is 0 Å². The molecule has 0 aliphatic heterocycles. The summed E-state index contributed by atoms with van der Waals surface area (Å²) >= 11 is 0. The molecule has 0 aromatic heterocycles. The number of hydrogen-bond donors (Lipinski definition) is 3. The molecule has 3 N–H and O–H groups in total. The summed E-state index contributed by atoms with van der Waals surface area (Å²) in [7, 11) is 0. The number of rotatable bonds is 6. The van der Waals surface area contributed by atoms with Crippen LogP contribution in [0.5, 0.6) is 0 Å². The van der Waals surface area contributed by atoms with E-state index in [1.54, 1.807) is 0 Å². The molecule has 2 fully saturated rings. The Kier molecular flexibility index (Phi) is 4.62. The molecule has 2 rings (SSSR count). The second kappa shape index (κ2) is 6.02. The molecule has 0 saturated heterocycles. The van der Waals surface area contributed by atoms with Gasteiger partial charge in [0.2, 0.25) is 5.91 Å². The van der Waals surface area contributed by atoms with Crippen molar-refractivity contribution < 1.29 is 9.90 Å². The molecule has 2 aliphatic rings. The molecule has 4 nitrogen and oxygen atoms in total. The third kappa shape index (κ3) is 4.25. The molecular weight excluding hydrogens is 228 g/mol. The predicted molar refractivity (Wildman–Crippen MR) is 71.2 cm³/mol. The van der Waals surface area contributed by atoms with Gasteiger partial charge in [0.25, 0.3) is 0 Å². The first-order valence-electron chi connectivity index (χ1n) is 7.34. The van der Waals surface area contributed by atoms with Gasteiger partial charge in [0.05, 0.1) is 12.1 Å². The van der Waals surface area contributed by atoms with Crippen molar-refractivity contribution in [2.24, 2.45) is 5.92 Å². The highest BCUT2D eigenvalue weighted by Gasteiger charge is 2.32. The molecule has 4 heteroatoms. The minimum atomic E-state index is -0.666. The molecule has 1 amide bonds. The topological polar surface area (TPSA) is 61.4 Å². The third-order valence-corrected chi connectivity index (χ3v) is 4.36. The average molecular weight is 254 g/mol. The van der Waals surface area contributed by atoms with E-state index < -0.39 is 5.60 Å². The predicted octanol–water partition coefficient (Wildman–Crippen LogP) is 1.19. The number of carbonyl (C=O) groups is 1. The molecule has 0 aromatic rings. The summed E-state index contributed by atoms with van der Waals surface area (Å²) in [4.78, 5) is 11.6. The van der Waals surface area contributed by atoms with Gasteiger partial charge in [-0.25, -0.2) is 0 Å². The number of hydrogen-bond acceptors (Lipinski definition) is 3. The van der Waals surface area contributed by atoms with Crippen molar-refractivity contribution in [1.82, 2.24) is 10.6 Å². The smallest absolute Gasteiger partial charge is 0.234 e. The van der Waals surface area contributed by atoms with Gasteiger partial charge in [-0.2, -0.15) is 0 Å². The van der Waals surface area contributed by atoms with Crippen molar-refractivity contribution in [3.63, 3.8) is 0 Å². The maximum atomic E-state index is 11.6.